The molecule has 4 heterocycles. The number of nitrogens with zero attached hydrogens (tertiary/aromatic N) is 4. The summed E-state index contributed by atoms with van der Waals surface area (Å²) < 4.78 is 2.29. The van der Waals surface area contributed by atoms with E-state index in [4.69, 9.17) is 4.98 Å². The van der Waals surface area contributed by atoms with Crippen molar-refractivity contribution in [2.75, 3.05) is 0 Å². The molecule has 1 saturated carbocycles. The van der Waals surface area contributed by atoms with Crippen LogP contribution in [-0.2, 0) is 6.42 Å². The maximum Gasteiger partial charge on any atom is 0.259 e. The van der Waals surface area contributed by atoms with Gasteiger partial charge in [0.2, 0.25) is 0 Å². The highest BCUT2D eigenvalue weighted by molar-refractivity contribution is 7.99. The third-order valence-electron chi connectivity index (χ3n) is 5.28. The number of rotatable bonds is 6. The van der Waals surface area contributed by atoms with Crippen LogP contribution >= 0.6 is 34.4 Å². The fourth-order valence-corrected chi connectivity index (χ4v) is 6.19. The Labute approximate surface area is 180 Å². The maximum atomic E-state index is 12.6. The molecular formula is C20H21N5OS3. The number of thioether (sulfide) groups is 1. The van der Waals surface area contributed by atoms with Gasteiger partial charge in [-0.3, -0.25) is 4.79 Å². The Hall–Kier alpha value is -1.97. The Morgan fingerprint density at radius 3 is 2.90 bits per heavy atom. The van der Waals surface area contributed by atoms with Gasteiger partial charge < -0.3 is 9.55 Å². The minimum absolute atomic E-state index is 0.0221. The van der Waals surface area contributed by atoms with E-state index in [-0.39, 0.29) is 10.8 Å². The Balaban J connectivity index is 1.45. The number of aromatic amines is 1. The average Bonchev–Trinajstić information content (AvgIpc) is 3.11. The number of H-pyrrole nitrogens is 1. The summed E-state index contributed by atoms with van der Waals surface area (Å²) in [5.41, 5.74) is 0.971. The van der Waals surface area contributed by atoms with Gasteiger partial charge in [-0.1, -0.05) is 17.8 Å². The molecule has 0 aliphatic heterocycles. The van der Waals surface area contributed by atoms with Crippen molar-refractivity contribution >= 4 is 44.7 Å². The second kappa shape index (κ2) is 7.37. The second-order valence-corrected chi connectivity index (χ2v) is 11.0. The Morgan fingerprint density at radius 1 is 1.34 bits per heavy atom. The lowest BCUT2D eigenvalue weighted by Gasteiger charge is -2.12. The highest BCUT2D eigenvalue weighted by Gasteiger charge is 2.31. The molecule has 1 aliphatic carbocycles. The van der Waals surface area contributed by atoms with Crippen LogP contribution in [-0.4, -0.2) is 24.7 Å². The quantitative estimate of drug-likeness (QED) is 0.423. The molecule has 0 spiro atoms. The lowest BCUT2D eigenvalue weighted by Crippen LogP contribution is -2.13. The molecule has 0 bridgehead atoms. The Bertz CT molecular complexity index is 1230. The van der Waals surface area contributed by atoms with Crippen molar-refractivity contribution in [2.24, 2.45) is 0 Å². The van der Waals surface area contributed by atoms with Gasteiger partial charge >= 0.3 is 0 Å². The van der Waals surface area contributed by atoms with E-state index >= 15 is 0 Å². The fourth-order valence-electron chi connectivity index (χ4n) is 3.45. The molecule has 1 atom stereocenters. The van der Waals surface area contributed by atoms with Crippen LogP contribution in [0.15, 0.2) is 27.5 Å². The molecule has 29 heavy (non-hydrogen) atoms. The van der Waals surface area contributed by atoms with Crippen molar-refractivity contribution in [1.29, 1.82) is 0 Å². The van der Waals surface area contributed by atoms with Crippen molar-refractivity contribution in [3.63, 3.8) is 0 Å². The molecule has 4 aromatic rings. The first-order valence-corrected chi connectivity index (χ1v) is 12.2. The van der Waals surface area contributed by atoms with Gasteiger partial charge in [0.05, 0.1) is 10.6 Å². The lowest BCUT2D eigenvalue weighted by atomic mass is 10.2. The molecule has 0 amide bonds. The summed E-state index contributed by atoms with van der Waals surface area (Å²) in [6, 6.07) is 4.70. The molecule has 0 radical (unpaired) electrons. The number of hydrogen-bond acceptors (Lipinski definition) is 7. The minimum atomic E-state index is -0.0543. The van der Waals surface area contributed by atoms with E-state index < -0.39 is 0 Å². The number of aromatic nitrogens is 5. The summed E-state index contributed by atoms with van der Waals surface area (Å²) >= 11 is 4.95. The van der Waals surface area contributed by atoms with Gasteiger partial charge in [0.1, 0.15) is 16.5 Å². The first-order chi connectivity index (χ1) is 14.0. The zero-order valence-electron chi connectivity index (χ0n) is 16.4. The summed E-state index contributed by atoms with van der Waals surface area (Å²) in [7, 11) is 0. The Kier molecular flexibility index (Phi) is 4.84. The van der Waals surface area contributed by atoms with Crippen LogP contribution in [0.25, 0.3) is 10.2 Å². The second-order valence-electron chi connectivity index (χ2n) is 7.43. The zero-order chi connectivity index (χ0) is 20.1. The van der Waals surface area contributed by atoms with E-state index in [0.717, 1.165) is 32.7 Å². The first-order valence-electron chi connectivity index (χ1n) is 9.64. The number of hydrogen-bond donors (Lipinski definition) is 1. The van der Waals surface area contributed by atoms with Gasteiger partial charge in [-0.15, -0.1) is 32.9 Å². The molecule has 9 heteroatoms. The predicted molar refractivity (Wildman–Crippen MR) is 119 cm³/mol. The van der Waals surface area contributed by atoms with Crippen LogP contribution in [0.2, 0.25) is 0 Å². The summed E-state index contributed by atoms with van der Waals surface area (Å²) in [6.07, 6.45) is 3.16. The molecule has 6 nitrogen and oxygen atoms in total. The fraction of sp³-hybridized carbons (Fsp3) is 0.400. The van der Waals surface area contributed by atoms with E-state index in [1.165, 1.54) is 17.7 Å². The molecular weight excluding hydrogens is 422 g/mol. The third-order valence-corrected chi connectivity index (χ3v) is 8.33. The number of aryl methyl sites for hydroxylation is 2. The van der Waals surface area contributed by atoms with Crippen LogP contribution in [0, 0.1) is 13.8 Å². The van der Waals surface area contributed by atoms with Crippen LogP contribution in [0.5, 0.6) is 0 Å². The minimum Gasteiger partial charge on any atom is -0.309 e. The third kappa shape index (κ3) is 3.55. The van der Waals surface area contributed by atoms with Gasteiger partial charge in [0.25, 0.3) is 5.56 Å². The molecule has 1 aliphatic rings. The molecule has 0 saturated heterocycles. The van der Waals surface area contributed by atoms with Crippen LogP contribution in [0.3, 0.4) is 0 Å². The van der Waals surface area contributed by atoms with E-state index in [9.17, 15) is 4.79 Å². The van der Waals surface area contributed by atoms with Gasteiger partial charge in [-0.05, 0) is 50.6 Å². The van der Waals surface area contributed by atoms with Crippen LogP contribution < -0.4 is 5.56 Å². The lowest BCUT2D eigenvalue weighted by molar-refractivity contribution is 0.633. The molecule has 5 rings (SSSR count). The largest absolute Gasteiger partial charge is 0.309 e. The van der Waals surface area contributed by atoms with Crippen LogP contribution in [0.1, 0.15) is 58.0 Å². The standard InChI is InChI=1S/C20H21N5OS3/c1-10-11(2)28-19-16(10)18(26)21-17(22-19)12(3)29-20-24-23-15(25(20)13-6-7-13)9-14-5-4-8-27-14/h4-5,8,12-13H,6-7,9H2,1-3H3,(H,21,22,26). The average molecular weight is 444 g/mol. The monoisotopic (exact) mass is 443 g/mol. The van der Waals surface area contributed by atoms with E-state index in [1.54, 1.807) is 34.4 Å². The molecule has 1 unspecified atom stereocenters. The van der Waals surface area contributed by atoms with Gasteiger partial charge in [0, 0.05) is 22.2 Å². The topological polar surface area (TPSA) is 76.5 Å². The molecule has 1 fully saturated rings. The van der Waals surface area contributed by atoms with Gasteiger partial charge in [-0.25, -0.2) is 4.98 Å². The smallest absolute Gasteiger partial charge is 0.259 e. The maximum absolute atomic E-state index is 12.6. The summed E-state index contributed by atoms with van der Waals surface area (Å²) in [5, 5.41) is 12.7. The van der Waals surface area contributed by atoms with Gasteiger partial charge in [0.15, 0.2) is 5.16 Å². The van der Waals surface area contributed by atoms with Crippen LogP contribution in [0.4, 0.5) is 0 Å². The van der Waals surface area contributed by atoms with Crippen molar-refractivity contribution in [1.82, 2.24) is 24.7 Å². The van der Waals surface area contributed by atoms with Crippen molar-refractivity contribution in [3.8, 4) is 0 Å². The number of thiophene rings is 2. The summed E-state index contributed by atoms with van der Waals surface area (Å²) in [5.74, 6) is 1.71. The molecule has 0 aromatic carbocycles. The van der Waals surface area contributed by atoms with Gasteiger partial charge in [-0.2, -0.15) is 0 Å². The van der Waals surface area contributed by atoms with Crippen molar-refractivity contribution in [2.45, 2.75) is 56.5 Å². The first kappa shape index (κ1) is 19.0. The van der Waals surface area contributed by atoms with Crippen molar-refractivity contribution in [3.05, 3.63) is 54.8 Å². The number of nitrogens with one attached hydrogen (secondary N) is 1. The molecule has 150 valence electrons. The summed E-state index contributed by atoms with van der Waals surface area (Å²) in [4.78, 5) is 23.6. The SMILES string of the molecule is Cc1sc2nc(C(C)Sc3nnc(Cc4cccs4)n3C3CC3)[nH]c(=O)c2c1C. The molecule has 4 aromatic heterocycles. The normalized spacial score (nSPS) is 15.3. The van der Waals surface area contributed by atoms with E-state index in [0.29, 0.717) is 17.3 Å². The summed E-state index contributed by atoms with van der Waals surface area (Å²) in [6.45, 7) is 6.08. The van der Waals surface area contributed by atoms with E-state index in [1.807, 2.05) is 13.8 Å². The highest BCUT2D eigenvalue weighted by Crippen LogP contribution is 2.42. The zero-order valence-corrected chi connectivity index (χ0v) is 18.9. The molecule has 1 N–H and O–H groups in total. The van der Waals surface area contributed by atoms with E-state index in [2.05, 4.69) is 44.2 Å². The van der Waals surface area contributed by atoms with Crippen molar-refractivity contribution < 1.29 is 0 Å². The highest BCUT2D eigenvalue weighted by atomic mass is 32.2. The number of fused-ring (bicyclic) bond motifs is 1. The Morgan fingerprint density at radius 2 is 2.17 bits per heavy atom. The predicted octanol–water partition coefficient (Wildman–Crippen LogP) is 5.03.